The monoisotopic (exact) mass is 352 g/mol. The van der Waals surface area contributed by atoms with Crippen LogP contribution in [-0.4, -0.2) is 36.7 Å². The van der Waals surface area contributed by atoms with Crippen LogP contribution in [0.2, 0.25) is 0 Å². The van der Waals surface area contributed by atoms with Gasteiger partial charge in [-0.15, -0.1) is 6.42 Å². The largest absolute Gasteiger partial charge is 0.344 e. The lowest BCUT2D eigenvalue weighted by Gasteiger charge is -2.06. The molecule has 0 saturated carbocycles. The molecular formula is C16H12N6O4. The van der Waals surface area contributed by atoms with Crippen molar-refractivity contribution in [1.29, 1.82) is 0 Å². The Morgan fingerprint density at radius 3 is 2.88 bits per heavy atom. The van der Waals surface area contributed by atoms with Crippen LogP contribution in [0.5, 0.6) is 0 Å². The van der Waals surface area contributed by atoms with E-state index >= 15 is 0 Å². The fraction of sp³-hybridized carbons (Fsp3) is 0.125. The summed E-state index contributed by atoms with van der Waals surface area (Å²) in [6.07, 6.45) is 7.51. The van der Waals surface area contributed by atoms with Crippen LogP contribution in [0.25, 0.3) is 16.7 Å². The number of carbonyl (C=O) groups is 1. The molecule has 1 N–H and O–H groups in total. The molecule has 0 bridgehead atoms. The predicted molar refractivity (Wildman–Crippen MR) is 91.6 cm³/mol. The van der Waals surface area contributed by atoms with Crippen molar-refractivity contribution in [2.45, 2.75) is 6.54 Å². The normalized spacial score (nSPS) is 10.4. The number of nitro benzene ring substituents is 1. The lowest BCUT2D eigenvalue weighted by atomic mass is 10.2. The van der Waals surface area contributed by atoms with Crippen LogP contribution in [0.15, 0.2) is 41.6 Å². The first-order valence-corrected chi connectivity index (χ1v) is 7.40. The first kappa shape index (κ1) is 16.8. The molecule has 2 heterocycles. The van der Waals surface area contributed by atoms with Crippen LogP contribution in [-0.2, 0) is 11.3 Å². The van der Waals surface area contributed by atoms with Gasteiger partial charge in [-0.2, -0.15) is 5.10 Å². The van der Waals surface area contributed by atoms with Crippen LogP contribution < -0.4 is 10.9 Å². The molecule has 1 aromatic carbocycles. The number of nitro groups is 1. The molecule has 3 rings (SSSR count). The molecule has 0 unspecified atom stereocenters. The number of hydrogen-bond donors (Lipinski definition) is 1. The Balaban J connectivity index is 2.04. The molecule has 0 aliphatic rings. The van der Waals surface area contributed by atoms with Gasteiger partial charge in [0.15, 0.2) is 5.65 Å². The highest BCUT2D eigenvalue weighted by atomic mass is 16.6. The number of aromatic nitrogens is 4. The number of hydrogen-bond acceptors (Lipinski definition) is 6. The van der Waals surface area contributed by atoms with Crippen LogP contribution >= 0.6 is 0 Å². The Morgan fingerprint density at radius 2 is 2.15 bits per heavy atom. The maximum absolute atomic E-state index is 12.5. The summed E-state index contributed by atoms with van der Waals surface area (Å²) >= 11 is 0. The van der Waals surface area contributed by atoms with Crippen molar-refractivity contribution in [2.24, 2.45) is 0 Å². The van der Waals surface area contributed by atoms with E-state index in [2.05, 4.69) is 21.3 Å². The van der Waals surface area contributed by atoms with Crippen molar-refractivity contribution in [2.75, 3.05) is 6.54 Å². The first-order chi connectivity index (χ1) is 12.5. The average molecular weight is 352 g/mol. The number of benzene rings is 1. The van der Waals surface area contributed by atoms with Gasteiger partial charge in [-0.05, 0) is 6.07 Å². The fourth-order valence-corrected chi connectivity index (χ4v) is 2.40. The van der Waals surface area contributed by atoms with Gasteiger partial charge in [0.25, 0.3) is 11.2 Å². The number of terminal acetylenes is 1. The second-order valence-electron chi connectivity index (χ2n) is 5.20. The maximum atomic E-state index is 12.5. The summed E-state index contributed by atoms with van der Waals surface area (Å²) in [5.74, 6) is 1.83. The molecule has 0 atom stereocenters. The Hall–Kier alpha value is -4.00. The second-order valence-corrected chi connectivity index (χ2v) is 5.20. The van der Waals surface area contributed by atoms with Gasteiger partial charge >= 0.3 is 0 Å². The highest BCUT2D eigenvalue weighted by Crippen LogP contribution is 2.23. The third-order valence-corrected chi connectivity index (χ3v) is 3.56. The summed E-state index contributed by atoms with van der Waals surface area (Å²) in [5, 5.41) is 17.8. The van der Waals surface area contributed by atoms with E-state index in [0.717, 1.165) is 4.57 Å². The zero-order chi connectivity index (χ0) is 18.7. The van der Waals surface area contributed by atoms with Crippen molar-refractivity contribution in [1.82, 2.24) is 24.6 Å². The smallest absolute Gasteiger partial charge is 0.294 e. The van der Waals surface area contributed by atoms with E-state index in [1.165, 1.54) is 35.4 Å². The number of carbonyl (C=O) groups excluding carboxylic acids is 1. The molecule has 10 nitrogen and oxygen atoms in total. The van der Waals surface area contributed by atoms with Gasteiger partial charge in [0.1, 0.15) is 23.9 Å². The van der Waals surface area contributed by atoms with E-state index in [0.29, 0.717) is 0 Å². The molecule has 2 aromatic heterocycles. The summed E-state index contributed by atoms with van der Waals surface area (Å²) in [6.45, 7) is -0.195. The SMILES string of the molecule is C#CCNC(=O)Cn1cnc2c(cnn2-c2ccccc2[N+](=O)[O-])c1=O. The maximum Gasteiger partial charge on any atom is 0.294 e. The van der Waals surface area contributed by atoms with E-state index in [1.807, 2.05) is 0 Å². The van der Waals surface area contributed by atoms with E-state index < -0.39 is 16.4 Å². The summed E-state index contributed by atoms with van der Waals surface area (Å²) < 4.78 is 2.33. The van der Waals surface area contributed by atoms with Gasteiger partial charge in [-0.3, -0.25) is 24.3 Å². The van der Waals surface area contributed by atoms with E-state index in [1.54, 1.807) is 6.07 Å². The van der Waals surface area contributed by atoms with Gasteiger partial charge in [0.2, 0.25) is 5.91 Å². The average Bonchev–Trinajstić information content (AvgIpc) is 3.07. The zero-order valence-electron chi connectivity index (χ0n) is 13.3. The summed E-state index contributed by atoms with van der Waals surface area (Å²) in [5.41, 5.74) is -0.318. The van der Waals surface area contributed by atoms with Crippen LogP contribution in [0.1, 0.15) is 0 Å². The lowest BCUT2D eigenvalue weighted by Crippen LogP contribution is -2.32. The number of para-hydroxylation sites is 2. The van der Waals surface area contributed by atoms with Crippen molar-refractivity contribution in [3.8, 4) is 18.0 Å². The number of nitrogens with zero attached hydrogens (tertiary/aromatic N) is 5. The van der Waals surface area contributed by atoms with Gasteiger partial charge < -0.3 is 5.32 Å². The van der Waals surface area contributed by atoms with E-state index in [9.17, 15) is 19.7 Å². The van der Waals surface area contributed by atoms with Gasteiger partial charge in [0.05, 0.1) is 17.7 Å². The third-order valence-electron chi connectivity index (χ3n) is 3.56. The summed E-state index contributed by atoms with van der Waals surface area (Å²) in [7, 11) is 0. The number of nitrogens with one attached hydrogen (secondary N) is 1. The van der Waals surface area contributed by atoms with Crippen LogP contribution in [0.3, 0.4) is 0 Å². The van der Waals surface area contributed by atoms with Crippen molar-refractivity contribution >= 4 is 22.6 Å². The molecule has 3 aromatic rings. The molecule has 0 aliphatic heterocycles. The van der Waals surface area contributed by atoms with E-state index in [4.69, 9.17) is 6.42 Å². The zero-order valence-corrected chi connectivity index (χ0v) is 13.3. The van der Waals surface area contributed by atoms with Crippen molar-refractivity contribution < 1.29 is 9.72 Å². The van der Waals surface area contributed by atoms with Crippen molar-refractivity contribution in [3.05, 3.63) is 57.3 Å². The number of fused-ring (bicyclic) bond motifs is 1. The number of amides is 1. The standard InChI is InChI=1S/C16H12N6O4/c1-2-7-17-14(23)9-20-10-18-15-11(16(20)24)8-19-21(15)12-5-3-4-6-13(12)22(25)26/h1,3-6,8,10H,7,9H2,(H,17,23). The van der Waals surface area contributed by atoms with Gasteiger partial charge in [-0.1, -0.05) is 18.1 Å². The molecule has 10 heteroatoms. The number of rotatable bonds is 5. The second kappa shape index (κ2) is 6.86. The molecule has 0 saturated heterocycles. The Morgan fingerprint density at radius 1 is 1.38 bits per heavy atom. The molecule has 0 spiro atoms. The Kier molecular flexibility index (Phi) is 4.44. The lowest BCUT2D eigenvalue weighted by molar-refractivity contribution is -0.384. The van der Waals surface area contributed by atoms with Gasteiger partial charge in [0, 0.05) is 6.07 Å². The van der Waals surface area contributed by atoms with Crippen LogP contribution in [0.4, 0.5) is 5.69 Å². The minimum absolute atomic E-state index is 0.0544. The highest BCUT2D eigenvalue weighted by molar-refractivity contribution is 5.78. The van der Waals surface area contributed by atoms with Crippen molar-refractivity contribution in [3.63, 3.8) is 0 Å². The van der Waals surface area contributed by atoms with Crippen LogP contribution in [0, 0.1) is 22.5 Å². The third kappa shape index (κ3) is 3.01. The topological polar surface area (TPSA) is 125 Å². The summed E-state index contributed by atoms with van der Waals surface area (Å²) in [6, 6.07) is 5.99. The molecule has 130 valence electrons. The Bertz CT molecular complexity index is 1110. The van der Waals surface area contributed by atoms with Gasteiger partial charge in [-0.25, -0.2) is 9.67 Å². The fourth-order valence-electron chi connectivity index (χ4n) is 2.40. The molecule has 26 heavy (non-hydrogen) atoms. The highest BCUT2D eigenvalue weighted by Gasteiger charge is 2.19. The molecule has 1 amide bonds. The molecule has 0 aliphatic carbocycles. The quantitative estimate of drug-likeness (QED) is 0.398. The molecule has 0 radical (unpaired) electrons. The minimum Gasteiger partial charge on any atom is -0.344 e. The molecular weight excluding hydrogens is 340 g/mol. The predicted octanol–water partition coefficient (Wildman–Crippen LogP) is 0.240. The first-order valence-electron chi connectivity index (χ1n) is 7.40. The Labute approximate surface area is 146 Å². The summed E-state index contributed by atoms with van der Waals surface area (Å²) in [4.78, 5) is 39.0. The minimum atomic E-state index is -0.542. The molecule has 0 fully saturated rings. The van der Waals surface area contributed by atoms with E-state index in [-0.39, 0.29) is 35.5 Å².